The van der Waals surface area contributed by atoms with Gasteiger partial charge in [-0.15, -0.1) is 0 Å². The van der Waals surface area contributed by atoms with E-state index in [-0.39, 0.29) is 22.8 Å². The van der Waals surface area contributed by atoms with Crippen molar-refractivity contribution < 1.29 is 22.0 Å². The van der Waals surface area contributed by atoms with E-state index in [2.05, 4.69) is 20.3 Å². The van der Waals surface area contributed by atoms with Gasteiger partial charge < -0.3 is 11.1 Å². The molecule has 9 nitrogen and oxygen atoms in total. The highest BCUT2D eigenvalue weighted by Crippen LogP contribution is 2.37. The van der Waals surface area contributed by atoms with Gasteiger partial charge in [0, 0.05) is 6.20 Å². The first-order chi connectivity index (χ1) is 14.5. The summed E-state index contributed by atoms with van der Waals surface area (Å²) in [7, 11) is -4.14. The summed E-state index contributed by atoms with van der Waals surface area (Å²) in [5.74, 6) is -2.84. The lowest BCUT2D eigenvalue weighted by Gasteiger charge is -2.37. The Morgan fingerprint density at radius 1 is 1.32 bits per heavy atom. The van der Waals surface area contributed by atoms with Crippen LogP contribution in [-0.2, 0) is 15.4 Å². The number of rotatable bonds is 4. The Morgan fingerprint density at radius 2 is 2.03 bits per heavy atom. The highest BCUT2D eigenvalue weighted by molar-refractivity contribution is 7.93. The molecule has 0 unspecified atom stereocenters. The summed E-state index contributed by atoms with van der Waals surface area (Å²) in [5.41, 5.74) is 3.91. The zero-order valence-corrected chi connectivity index (χ0v) is 17.4. The quantitative estimate of drug-likeness (QED) is 0.718. The van der Waals surface area contributed by atoms with Crippen molar-refractivity contribution in [2.45, 2.75) is 24.1 Å². The maximum Gasteiger partial charge on any atom is 0.275 e. The molecule has 3 heterocycles. The number of hydrogen-bond acceptors (Lipinski definition) is 8. The van der Waals surface area contributed by atoms with Gasteiger partial charge in [0.2, 0.25) is 0 Å². The topological polar surface area (TPSA) is 151 Å². The minimum absolute atomic E-state index is 0.0147. The molecule has 0 saturated carbocycles. The smallest absolute Gasteiger partial charge is 0.275 e. The van der Waals surface area contributed by atoms with Crippen LogP contribution in [0, 0.1) is 17.1 Å². The molecule has 1 amide bonds. The van der Waals surface area contributed by atoms with Crippen molar-refractivity contribution in [2.24, 2.45) is 10.7 Å². The maximum atomic E-state index is 14.6. The van der Waals surface area contributed by atoms with Crippen molar-refractivity contribution in [1.82, 2.24) is 9.97 Å². The number of nitrogens with one attached hydrogen (secondary N) is 1. The monoisotopic (exact) mass is 448 g/mol. The van der Waals surface area contributed by atoms with Crippen LogP contribution in [0.2, 0.25) is 0 Å². The molecule has 162 valence electrons. The standard InChI is InChI=1S/C19H18F2N6O3S/c1-18(10-31(29,30)19(2,9-20)17(23)27-18)15-12(21)4-6-14(25-15)26-16(28)13-5-3-11(7-22)8-24-13/h3-6,8H,9-10H2,1-2H3,(H2,23,27)(H,25,26,28)/t18-,19+/m0/s1. The van der Waals surface area contributed by atoms with Gasteiger partial charge >= 0.3 is 0 Å². The zero-order chi connectivity index (χ0) is 23.0. The molecular weight excluding hydrogens is 430 g/mol. The largest absolute Gasteiger partial charge is 0.386 e. The van der Waals surface area contributed by atoms with Gasteiger partial charge in [-0.25, -0.2) is 27.2 Å². The van der Waals surface area contributed by atoms with Crippen LogP contribution in [-0.4, -0.2) is 47.3 Å². The lowest BCUT2D eigenvalue weighted by Crippen LogP contribution is -2.58. The lowest BCUT2D eigenvalue weighted by molar-refractivity contribution is 0.102. The van der Waals surface area contributed by atoms with E-state index in [1.165, 1.54) is 31.3 Å². The molecule has 2 atom stereocenters. The summed E-state index contributed by atoms with van der Waals surface area (Å²) in [6.07, 6.45) is 1.21. The third-order valence-corrected chi connectivity index (χ3v) is 7.68. The highest BCUT2D eigenvalue weighted by atomic mass is 32.2. The van der Waals surface area contributed by atoms with Gasteiger partial charge in [0.15, 0.2) is 14.6 Å². The van der Waals surface area contributed by atoms with Gasteiger partial charge in [0.05, 0.1) is 11.3 Å². The molecule has 0 aliphatic carbocycles. The van der Waals surface area contributed by atoms with Gasteiger partial charge in [0.25, 0.3) is 5.91 Å². The Balaban J connectivity index is 1.97. The Hall–Kier alpha value is -3.46. The van der Waals surface area contributed by atoms with Crippen LogP contribution in [0.3, 0.4) is 0 Å². The molecule has 0 fully saturated rings. The molecular formula is C19H18F2N6O3S. The molecule has 1 aliphatic rings. The number of nitriles is 1. The third-order valence-electron chi connectivity index (χ3n) is 5.04. The van der Waals surface area contributed by atoms with Crippen molar-refractivity contribution in [1.29, 1.82) is 5.26 Å². The number of hydrogen-bond donors (Lipinski definition) is 2. The fourth-order valence-corrected chi connectivity index (χ4v) is 4.83. The molecule has 1 aliphatic heterocycles. The average Bonchev–Trinajstić information content (AvgIpc) is 2.72. The van der Waals surface area contributed by atoms with Gasteiger partial charge in [0.1, 0.15) is 47.1 Å². The number of sulfone groups is 1. The lowest BCUT2D eigenvalue weighted by atomic mass is 9.98. The molecule has 12 heteroatoms. The number of amidine groups is 1. The van der Waals surface area contributed by atoms with Gasteiger partial charge in [-0.1, -0.05) is 0 Å². The Morgan fingerprint density at radius 3 is 2.58 bits per heavy atom. The van der Waals surface area contributed by atoms with E-state index >= 15 is 0 Å². The van der Waals surface area contributed by atoms with E-state index in [9.17, 15) is 22.0 Å². The van der Waals surface area contributed by atoms with E-state index in [1.807, 2.05) is 6.07 Å². The van der Waals surface area contributed by atoms with E-state index in [0.717, 1.165) is 13.0 Å². The van der Waals surface area contributed by atoms with Crippen LogP contribution in [0.25, 0.3) is 0 Å². The predicted octanol–water partition coefficient (Wildman–Crippen LogP) is 1.47. The van der Waals surface area contributed by atoms with Crippen molar-refractivity contribution in [3.63, 3.8) is 0 Å². The second-order valence-corrected chi connectivity index (χ2v) is 9.84. The zero-order valence-electron chi connectivity index (χ0n) is 16.6. The summed E-state index contributed by atoms with van der Waals surface area (Å²) in [6, 6.07) is 6.78. The predicted molar refractivity (Wildman–Crippen MR) is 108 cm³/mol. The first kappa shape index (κ1) is 22.2. The number of alkyl halides is 1. The number of carbonyl (C=O) groups is 1. The molecule has 0 aromatic carbocycles. The summed E-state index contributed by atoms with van der Waals surface area (Å²) < 4.78 is 51.4. The number of anilines is 1. The number of carbonyl (C=O) groups excluding carboxylic acids is 1. The second kappa shape index (κ2) is 7.66. The number of nitrogens with two attached hydrogens (primary N) is 1. The molecule has 0 spiro atoms. The van der Waals surface area contributed by atoms with E-state index in [1.54, 1.807) is 0 Å². The van der Waals surface area contributed by atoms with Crippen LogP contribution in [0.1, 0.15) is 35.6 Å². The Kier molecular flexibility index (Phi) is 5.49. The highest BCUT2D eigenvalue weighted by Gasteiger charge is 2.53. The van der Waals surface area contributed by atoms with Crippen LogP contribution >= 0.6 is 0 Å². The fraction of sp³-hybridized carbons (Fsp3) is 0.316. The van der Waals surface area contributed by atoms with Crippen molar-refractivity contribution in [3.8, 4) is 6.07 Å². The average molecular weight is 448 g/mol. The molecule has 3 N–H and O–H groups in total. The van der Waals surface area contributed by atoms with Gasteiger partial charge in [-0.3, -0.25) is 9.79 Å². The molecule has 31 heavy (non-hydrogen) atoms. The van der Waals surface area contributed by atoms with Crippen LogP contribution in [0.5, 0.6) is 0 Å². The number of aromatic nitrogens is 2. The maximum absolute atomic E-state index is 14.6. The van der Waals surface area contributed by atoms with Gasteiger partial charge in [-0.05, 0) is 38.1 Å². The number of aliphatic imine (C=N–C) groups is 1. The van der Waals surface area contributed by atoms with Gasteiger partial charge in [-0.2, -0.15) is 5.26 Å². The molecule has 3 rings (SSSR count). The SMILES string of the molecule is C[C@@]1(c2nc(NC(=O)c3ccc(C#N)cn3)ccc2F)CS(=O)(=O)[C@](C)(CF)C(N)=N1. The normalized spacial score (nSPS) is 24.7. The Labute approximate surface area is 177 Å². The summed E-state index contributed by atoms with van der Waals surface area (Å²) in [6.45, 7) is 1.16. The molecule has 0 saturated heterocycles. The first-order valence-corrected chi connectivity index (χ1v) is 10.6. The minimum atomic E-state index is -4.14. The Bertz CT molecular complexity index is 1230. The molecule has 2 aromatic rings. The first-order valence-electron chi connectivity index (χ1n) is 8.94. The number of amides is 1. The van der Waals surface area contributed by atoms with Crippen LogP contribution in [0.4, 0.5) is 14.6 Å². The van der Waals surface area contributed by atoms with Crippen molar-refractivity contribution in [2.75, 3.05) is 17.7 Å². The number of halogens is 2. The summed E-state index contributed by atoms with van der Waals surface area (Å²) >= 11 is 0. The number of pyridine rings is 2. The third kappa shape index (κ3) is 3.84. The molecule has 2 aromatic heterocycles. The van der Waals surface area contributed by atoms with E-state index < -0.39 is 50.1 Å². The molecule has 0 bridgehead atoms. The van der Waals surface area contributed by atoms with Crippen molar-refractivity contribution in [3.05, 3.63) is 53.2 Å². The van der Waals surface area contributed by atoms with Crippen molar-refractivity contribution >= 4 is 27.4 Å². The van der Waals surface area contributed by atoms with E-state index in [4.69, 9.17) is 11.0 Å². The minimum Gasteiger partial charge on any atom is -0.386 e. The summed E-state index contributed by atoms with van der Waals surface area (Å²) in [4.78, 5) is 24.3. The second-order valence-electron chi connectivity index (χ2n) is 7.42. The summed E-state index contributed by atoms with van der Waals surface area (Å²) in [5, 5.41) is 11.2. The van der Waals surface area contributed by atoms with E-state index in [0.29, 0.717) is 0 Å². The van der Waals surface area contributed by atoms with Crippen LogP contribution < -0.4 is 11.1 Å². The molecule has 0 radical (unpaired) electrons. The van der Waals surface area contributed by atoms with Crippen LogP contribution in [0.15, 0.2) is 35.5 Å². The fourth-order valence-electron chi connectivity index (χ4n) is 3.04. The number of nitrogens with zero attached hydrogens (tertiary/aromatic N) is 4.